The van der Waals surface area contributed by atoms with Gasteiger partial charge in [-0.3, -0.25) is 4.98 Å². The number of hydrogen-bond acceptors (Lipinski definition) is 6. The first kappa shape index (κ1) is 30.2. The third kappa shape index (κ3) is 5.85. The van der Waals surface area contributed by atoms with Crippen LogP contribution in [0.25, 0.3) is 5.47 Å². The first-order valence-corrected chi connectivity index (χ1v) is 14.1. The zero-order valence-corrected chi connectivity index (χ0v) is 25.7. The lowest BCUT2D eigenvalue weighted by Crippen LogP contribution is -2.41. The third-order valence-electron chi connectivity index (χ3n) is 8.59. The molecule has 0 N–H and O–H groups in total. The number of ether oxygens (including phenoxy) is 1. The molecule has 1 aromatic heterocycles. The number of halogens is 1. The van der Waals surface area contributed by atoms with Crippen LogP contribution in [-0.4, -0.2) is 48.9 Å². The predicted molar refractivity (Wildman–Crippen MR) is 161 cm³/mol. The van der Waals surface area contributed by atoms with Gasteiger partial charge in [0.25, 0.3) is 0 Å². The van der Waals surface area contributed by atoms with E-state index >= 15 is 0 Å². The Morgan fingerprint density at radius 2 is 1.46 bits per heavy atom. The van der Waals surface area contributed by atoms with Crippen LogP contribution in [0.2, 0.25) is 11.8 Å². The molecule has 10 heteroatoms. The van der Waals surface area contributed by atoms with Crippen molar-refractivity contribution in [2.24, 2.45) is 0 Å². The Morgan fingerprint density at radius 1 is 0.897 bits per heavy atom. The summed E-state index contributed by atoms with van der Waals surface area (Å²) in [7, 11) is 0.782. The molecule has 4 rings (SSSR count). The fraction of sp³-hybridized carbons (Fsp3) is 0.552. The van der Waals surface area contributed by atoms with E-state index in [2.05, 4.69) is 39.6 Å². The van der Waals surface area contributed by atoms with Crippen molar-refractivity contribution in [2.45, 2.75) is 105 Å². The summed E-state index contributed by atoms with van der Waals surface area (Å²) < 4.78 is 32.7. The zero-order valence-electron chi connectivity index (χ0n) is 25.0. The fourth-order valence-corrected chi connectivity index (χ4v) is 4.86. The molecule has 0 bridgehead atoms. The molecule has 2 aliphatic rings. The van der Waals surface area contributed by atoms with Gasteiger partial charge in [-0.05, 0) is 91.0 Å². The first-order valence-electron chi connectivity index (χ1n) is 13.7. The Hall–Kier alpha value is -1.77. The highest BCUT2D eigenvalue weighted by molar-refractivity contribution is 6.74. The summed E-state index contributed by atoms with van der Waals surface area (Å²) in [5.74, 6) is 0.613. The van der Waals surface area contributed by atoms with Gasteiger partial charge in [-0.25, -0.2) is 0 Å². The number of nitrogens with zero attached hydrogens (tertiary/aromatic N) is 1. The zero-order chi connectivity index (χ0) is 28.8. The Labute approximate surface area is 240 Å². The monoisotopic (exact) mass is 550 g/mol. The maximum atomic E-state index is 6.61. The maximum absolute atomic E-state index is 6.61. The molecule has 39 heavy (non-hydrogen) atoms. The van der Waals surface area contributed by atoms with Gasteiger partial charge in [0.15, 0.2) is 7.28 Å². The molecule has 0 atom stereocenters. The van der Waals surface area contributed by atoms with E-state index in [1.807, 2.05) is 72.1 Å². The van der Waals surface area contributed by atoms with Gasteiger partial charge in [0.1, 0.15) is 12.4 Å². The van der Waals surface area contributed by atoms with Crippen molar-refractivity contribution in [1.29, 1.82) is 0 Å². The molecule has 2 aliphatic heterocycles. The lowest BCUT2D eigenvalue weighted by atomic mass is 9.61. The highest BCUT2D eigenvalue weighted by Crippen LogP contribution is 2.46. The van der Waals surface area contributed by atoms with Crippen molar-refractivity contribution in [1.82, 2.24) is 4.98 Å². The van der Waals surface area contributed by atoms with Crippen molar-refractivity contribution in [3.05, 3.63) is 58.3 Å². The van der Waals surface area contributed by atoms with E-state index in [1.165, 1.54) is 0 Å². The predicted octanol–water partition coefficient (Wildman–Crippen LogP) is 6.12. The Bertz CT molecular complexity index is 1220. The molecule has 2 saturated heterocycles. The number of allylic oxidation sites excluding steroid dienone is 1. The number of pyridine rings is 1. The van der Waals surface area contributed by atoms with Gasteiger partial charge >= 0.3 is 14.2 Å². The second-order valence-corrected chi connectivity index (χ2v) is 12.7. The normalized spacial score (nSPS) is 21.6. The molecule has 6 nitrogen and oxygen atoms in total. The van der Waals surface area contributed by atoms with Crippen molar-refractivity contribution in [3.63, 3.8) is 0 Å². The van der Waals surface area contributed by atoms with Gasteiger partial charge < -0.3 is 23.4 Å². The molecule has 2 aromatic rings. The SMILES string of the molecule is C[B]c1cccnc1COc1cc(Cl)ccc1/C(B1OC(C)(C)C(C)(C)O1)=C(\CC)B1OC(C)(C)C(C)(C)O1. The summed E-state index contributed by atoms with van der Waals surface area (Å²) in [6.45, 7) is 20.8. The average Bonchev–Trinajstić information content (AvgIpc) is 3.20. The van der Waals surface area contributed by atoms with Gasteiger partial charge in [0.2, 0.25) is 0 Å². The molecule has 0 spiro atoms. The second-order valence-electron chi connectivity index (χ2n) is 12.2. The van der Waals surface area contributed by atoms with Crippen molar-refractivity contribution in [2.75, 3.05) is 0 Å². The van der Waals surface area contributed by atoms with Gasteiger partial charge in [-0.1, -0.05) is 42.9 Å². The lowest BCUT2D eigenvalue weighted by molar-refractivity contribution is 0.00578. The van der Waals surface area contributed by atoms with Crippen LogP contribution in [0.5, 0.6) is 5.75 Å². The molecule has 0 aliphatic carbocycles. The maximum Gasteiger partial charge on any atom is 0.494 e. The van der Waals surface area contributed by atoms with Crippen LogP contribution in [0, 0.1) is 0 Å². The number of hydrogen-bond donors (Lipinski definition) is 0. The third-order valence-corrected chi connectivity index (χ3v) is 8.82. The second kappa shape index (κ2) is 10.9. The lowest BCUT2D eigenvalue weighted by Gasteiger charge is -2.32. The van der Waals surface area contributed by atoms with Gasteiger partial charge in [-0.15, -0.1) is 0 Å². The van der Waals surface area contributed by atoms with Crippen LogP contribution in [-0.2, 0) is 25.2 Å². The molecule has 2 fully saturated rings. The Kier molecular flexibility index (Phi) is 8.44. The highest BCUT2D eigenvalue weighted by Gasteiger charge is 2.57. The largest absolute Gasteiger partial charge is 0.494 e. The molecular formula is C29H40B3ClNO5. The minimum atomic E-state index is -0.665. The summed E-state index contributed by atoms with van der Waals surface area (Å²) in [6, 6.07) is 9.59. The first-order chi connectivity index (χ1) is 18.1. The van der Waals surface area contributed by atoms with Crippen LogP contribution >= 0.6 is 11.6 Å². The smallest absolute Gasteiger partial charge is 0.487 e. The van der Waals surface area contributed by atoms with Crippen LogP contribution in [0.15, 0.2) is 42.0 Å². The summed E-state index contributed by atoms with van der Waals surface area (Å²) in [5, 5.41) is 0.569. The van der Waals surface area contributed by atoms with Crippen molar-refractivity contribution in [3.8, 4) is 5.75 Å². The van der Waals surface area contributed by atoms with E-state index in [1.54, 1.807) is 6.20 Å². The quantitative estimate of drug-likeness (QED) is 0.370. The molecule has 3 heterocycles. The minimum Gasteiger partial charge on any atom is -0.487 e. The molecular weight excluding hydrogens is 510 g/mol. The number of benzene rings is 1. The van der Waals surface area contributed by atoms with Crippen LogP contribution in [0.1, 0.15) is 80.0 Å². The van der Waals surface area contributed by atoms with E-state index in [4.69, 9.17) is 35.0 Å². The molecule has 0 saturated carbocycles. The summed E-state index contributed by atoms with van der Waals surface area (Å²) in [6.07, 6.45) is 2.43. The van der Waals surface area contributed by atoms with E-state index in [9.17, 15) is 0 Å². The van der Waals surface area contributed by atoms with Crippen molar-refractivity contribution >= 4 is 44.1 Å². The molecule has 0 unspecified atom stereocenters. The van der Waals surface area contributed by atoms with E-state index in [0.29, 0.717) is 17.2 Å². The van der Waals surface area contributed by atoms with Gasteiger partial charge in [-0.2, -0.15) is 0 Å². The Balaban J connectivity index is 1.85. The fourth-order valence-electron chi connectivity index (χ4n) is 4.70. The summed E-state index contributed by atoms with van der Waals surface area (Å²) >= 11 is 6.50. The number of rotatable bonds is 8. The minimum absolute atomic E-state index is 0.280. The van der Waals surface area contributed by atoms with E-state index in [-0.39, 0.29) is 6.61 Å². The number of aromatic nitrogens is 1. The topological polar surface area (TPSA) is 59.0 Å². The van der Waals surface area contributed by atoms with E-state index < -0.39 is 36.6 Å². The molecule has 207 valence electrons. The summed E-state index contributed by atoms with van der Waals surface area (Å²) in [4.78, 5) is 4.53. The average molecular weight is 551 g/mol. The Morgan fingerprint density at radius 3 is 2.00 bits per heavy atom. The molecule has 1 aromatic carbocycles. The molecule has 1 radical (unpaired) electrons. The highest BCUT2D eigenvalue weighted by atomic mass is 35.5. The molecule has 0 amide bonds. The van der Waals surface area contributed by atoms with E-state index in [0.717, 1.165) is 27.7 Å². The standard InChI is InChI=1S/C29H40B3ClNO5/c1-11-22(31-36-26(2,3)27(4,5)37-31)25(32-38-28(6,7)29(8,9)39-32)20-15-14-19(33)17-24(20)35-18-23-21(30-10)13-12-16-34-23/h12-17H,11,18H2,1-10H3/b25-22-. The van der Waals surface area contributed by atoms with Crippen molar-refractivity contribution < 1.29 is 23.4 Å². The van der Waals surface area contributed by atoms with Gasteiger partial charge in [0, 0.05) is 16.8 Å². The summed E-state index contributed by atoms with van der Waals surface area (Å²) in [5.41, 5.74) is 2.40. The van der Waals surface area contributed by atoms with Gasteiger partial charge in [0.05, 0.1) is 28.1 Å². The van der Waals surface area contributed by atoms with Crippen LogP contribution in [0.4, 0.5) is 0 Å². The van der Waals surface area contributed by atoms with Crippen LogP contribution in [0.3, 0.4) is 0 Å². The van der Waals surface area contributed by atoms with Crippen LogP contribution < -0.4 is 10.2 Å².